The third-order valence-corrected chi connectivity index (χ3v) is 2.10. The number of ether oxygens (including phenoxy) is 1. The van der Waals surface area contributed by atoms with Gasteiger partial charge in [0.15, 0.2) is 0 Å². The van der Waals surface area contributed by atoms with E-state index in [1.54, 1.807) is 18.2 Å². The lowest BCUT2D eigenvalue weighted by Crippen LogP contribution is -2.18. The molecule has 0 unspecified atom stereocenters. The molecular formula is C11H14N2O3. The number of amides is 2. The van der Waals surface area contributed by atoms with Gasteiger partial charge in [0.05, 0.1) is 0 Å². The van der Waals surface area contributed by atoms with Crippen LogP contribution in [-0.2, 0) is 14.3 Å². The highest BCUT2D eigenvalue weighted by Gasteiger charge is 2.06. The van der Waals surface area contributed by atoms with Crippen molar-refractivity contribution in [3.63, 3.8) is 0 Å². The molecule has 0 aliphatic carbocycles. The fourth-order valence-electron chi connectivity index (χ4n) is 1.31. The van der Waals surface area contributed by atoms with Crippen LogP contribution in [0.2, 0.25) is 0 Å². The van der Waals surface area contributed by atoms with Crippen LogP contribution in [0.4, 0.5) is 11.4 Å². The summed E-state index contributed by atoms with van der Waals surface area (Å²) in [4.78, 5) is 21.7. The van der Waals surface area contributed by atoms with Gasteiger partial charge in [0.25, 0.3) is 0 Å². The number of hydrogen-bond donors (Lipinski definition) is 2. The molecule has 0 heterocycles. The predicted molar refractivity (Wildman–Crippen MR) is 61.4 cm³/mol. The lowest BCUT2D eigenvalue weighted by Gasteiger charge is -2.11. The van der Waals surface area contributed by atoms with Gasteiger partial charge in [-0.05, 0) is 24.6 Å². The van der Waals surface area contributed by atoms with Crippen LogP contribution in [0.15, 0.2) is 18.2 Å². The van der Waals surface area contributed by atoms with Gasteiger partial charge in [0.1, 0.15) is 6.61 Å². The molecule has 0 fully saturated rings. The van der Waals surface area contributed by atoms with E-state index >= 15 is 0 Å². The first-order valence-corrected chi connectivity index (χ1v) is 4.77. The van der Waals surface area contributed by atoms with Crippen LogP contribution in [0.25, 0.3) is 0 Å². The molecule has 5 nitrogen and oxygen atoms in total. The zero-order chi connectivity index (χ0) is 12.0. The van der Waals surface area contributed by atoms with Crippen LogP contribution in [0.1, 0.15) is 5.56 Å². The fourth-order valence-corrected chi connectivity index (χ4v) is 1.31. The molecule has 0 spiro atoms. The number of carbonyl (C=O) groups is 2. The van der Waals surface area contributed by atoms with E-state index in [0.717, 1.165) is 5.56 Å². The molecule has 0 radical (unpaired) electrons. The number of methoxy groups -OCH3 is 1. The minimum absolute atomic E-state index is 0.00474. The molecule has 0 saturated heterocycles. The molecule has 2 N–H and O–H groups in total. The van der Waals surface area contributed by atoms with Gasteiger partial charge in [-0.15, -0.1) is 0 Å². The van der Waals surface area contributed by atoms with Gasteiger partial charge in [0.2, 0.25) is 12.3 Å². The van der Waals surface area contributed by atoms with Crippen molar-refractivity contribution in [2.24, 2.45) is 0 Å². The summed E-state index contributed by atoms with van der Waals surface area (Å²) in [5, 5.41) is 5.25. The van der Waals surface area contributed by atoms with Crippen molar-refractivity contribution in [1.29, 1.82) is 0 Å². The molecule has 0 bridgehead atoms. The van der Waals surface area contributed by atoms with E-state index in [2.05, 4.69) is 10.6 Å². The third kappa shape index (κ3) is 3.06. The van der Waals surface area contributed by atoms with Gasteiger partial charge in [-0.1, -0.05) is 6.07 Å². The van der Waals surface area contributed by atoms with E-state index in [0.29, 0.717) is 17.8 Å². The summed E-state index contributed by atoms with van der Waals surface area (Å²) in [7, 11) is 1.46. The normalized spacial score (nSPS) is 9.62. The third-order valence-electron chi connectivity index (χ3n) is 2.10. The van der Waals surface area contributed by atoms with Gasteiger partial charge >= 0.3 is 0 Å². The van der Waals surface area contributed by atoms with E-state index in [4.69, 9.17) is 4.74 Å². The second-order valence-corrected chi connectivity index (χ2v) is 3.22. The van der Waals surface area contributed by atoms with Gasteiger partial charge < -0.3 is 15.4 Å². The number of carbonyl (C=O) groups excluding carboxylic acids is 2. The molecule has 0 aliphatic heterocycles. The van der Waals surface area contributed by atoms with Crippen molar-refractivity contribution in [3.8, 4) is 0 Å². The molecule has 0 saturated carbocycles. The van der Waals surface area contributed by atoms with Crippen LogP contribution in [0.3, 0.4) is 0 Å². The van der Waals surface area contributed by atoms with Crippen LogP contribution in [0, 0.1) is 6.92 Å². The highest BCUT2D eigenvalue weighted by atomic mass is 16.5. The zero-order valence-corrected chi connectivity index (χ0v) is 9.24. The van der Waals surface area contributed by atoms with E-state index in [1.807, 2.05) is 6.92 Å². The number of rotatable bonds is 5. The lowest BCUT2D eigenvalue weighted by atomic mass is 10.1. The van der Waals surface area contributed by atoms with Crippen molar-refractivity contribution in [2.45, 2.75) is 6.92 Å². The summed E-state index contributed by atoms with van der Waals surface area (Å²) >= 11 is 0. The van der Waals surface area contributed by atoms with Crippen molar-refractivity contribution in [3.05, 3.63) is 23.8 Å². The van der Waals surface area contributed by atoms with Crippen molar-refractivity contribution in [1.82, 2.24) is 0 Å². The van der Waals surface area contributed by atoms with Crippen LogP contribution < -0.4 is 10.6 Å². The molecule has 1 aromatic carbocycles. The highest BCUT2D eigenvalue weighted by molar-refractivity contribution is 5.93. The fraction of sp³-hybridized carbons (Fsp3) is 0.273. The molecule has 5 heteroatoms. The minimum atomic E-state index is -0.228. The molecule has 0 aliphatic rings. The van der Waals surface area contributed by atoms with Crippen LogP contribution in [-0.4, -0.2) is 26.0 Å². The molecule has 16 heavy (non-hydrogen) atoms. The summed E-state index contributed by atoms with van der Waals surface area (Å²) in [6.07, 6.45) is 0.600. The Morgan fingerprint density at radius 3 is 2.75 bits per heavy atom. The summed E-state index contributed by atoms with van der Waals surface area (Å²) in [5.41, 5.74) is 2.14. The summed E-state index contributed by atoms with van der Waals surface area (Å²) in [6.45, 7) is 1.82. The second-order valence-electron chi connectivity index (χ2n) is 3.22. The van der Waals surface area contributed by atoms with Gasteiger partial charge in [0, 0.05) is 18.5 Å². The lowest BCUT2D eigenvalue weighted by molar-refractivity contribution is -0.119. The number of benzene rings is 1. The Kier molecular flexibility index (Phi) is 4.47. The van der Waals surface area contributed by atoms with Crippen LogP contribution in [0.5, 0.6) is 0 Å². The molecular weight excluding hydrogens is 208 g/mol. The second kappa shape index (κ2) is 5.87. The van der Waals surface area contributed by atoms with Crippen LogP contribution >= 0.6 is 0 Å². The van der Waals surface area contributed by atoms with Crippen molar-refractivity contribution >= 4 is 23.7 Å². The highest BCUT2D eigenvalue weighted by Crippen LogP contribution is 2.22. The summed E-state index contributed by atoms with van der Waals surface area (Å²) < 4.78 is 4.71. The average molecular weight is 222 g/mol. The van der Waals surface area contributed by atoms with Gasteiger partial charge in [-0.25, -0.2) is 0 Å². The Morgan fingerprint density at radius 2 is 2.12 bits per heavy atom. The molecule has 0 aromatic heterocycles. The predicted octanol–water partition coefficient (Wildman–Crippen LogP) is 1.15. The molecule has 1 rings (SSSR count). The van der Waals surface area contributed by atoms with Gasteiger partial charge in [-0.3, -0.25) is 9.59 Å². The molecule has 0 atom stereocenters. The minimum Gasteiger partial charge on any atom is -0.375 e. The first-order chi connectivity index (χ1) is 7.69. The molecule has 86 valence electrons. The Bertz CT molecular complexity index is 391. The zero-order valence-electron chi connectivity index (χ0n) is 9.24. The Labute approximate surface area is 93.8 Å². The van der Waals surface area contributed by atoms with E-state index < -0.39 is 0 Å². The monoisotopic (exact) mass is 222 g/mol. The van der Waals surface area contributed by atoms with Crippen molar-refractivity contribution < 1.29 is 14.3 Å². The maximum atomic E-state index is 11.3. The van der Waals surface area contributed by atoms with Crippen molar-refractivity contribution in [2.75, 3.05) is 24.4 Å². The first kappa shape index (κ1) is 12.2. The Hall–Kier alpha value is -1.88. The molecule has 2 amide bonds. The van der Waals surface area contributed by atoms with Gasteiger partial charge in [-0.2, -0.15) is 0 Å². The first-order valence-electron chi connectivity index (χ1n) is 4.77. The maximum absolute atomic E-state index is 11.3. The van der Waals surface area contributed by atoms with E-state index in [-0.39, 0.29) is 12.5 Å². The number of hydrogen-bond acceptors (Lipinski definition) is 3. The average Bonchev–Trinajstić information content (AvgIpc) is 2.24. The SMILES string of the molecule is COCC(=O)Nc1cccc(NC=O)c1C. The summed E-state index contributed by atoms with van der Waals surface area (Å²) in [5.74, 6) is -0.228. The quantitative estimate of drug-likeness (QED) is 0.734. The standard InChI is InChI=1S/C11H14N2O3/c1-8-9(12-7-14)4-3-5-10(8)13-11(15)6-16-2/h3-5,7H,6H2,1-2H3,(H,12,14)(H,13,15). The van der Waals surface area contributed by atoms with E-state index in [9.17, 15) is 9.59 Å². The topological polar surface area (TPSA) is 67.4 Å². The Balaban J connectivity index is 2.84. The maximum Gasteiger partial charge on any atom is 0.250 e. The molecule has 1 aromatic rings. The summed E-state index contributed by atoms with van der Waals surface area (Å²) in [6, 6.07) is 5.27. The Morgan fingerprint density at radius 1 is 1.44 bits per heavy atom. The number of nitrogens with one attached hydrogen (secondary N) is 2. The van der Waals surface area contributed by atoms with E-state index in [1.165, 1.54) is 7.11 Å². The number of anilines is 2. The largest absolute Gasteiger partial charge is 0.375 e. The smallest absolute Gasteiger partial charge is 0.250 e.